The largest absolute Gasteiger partial charge is 0.393 e. The van der Waals surface area contributed by atoms with Gasteiger partial charge in [-0.3, -0.25) is 9.59 Å². The standard InChI is InChI=1S/C16H21ClN2O3/c1-11(20)7-8-18(2)16(22)12-9-15(21)19(10-12)14-6-4-3-5-13(14)17/h3-6,11-12,20H,7-10H2,1-2H3. The highest BCUT2D eigenvalue weighted by Gasteiger charge is 2.37. The van der Waals surface area contributed by atoms with Gasteiger partial charge in [-0.25, -0.2) is 0 Å². The normalized spacial score (nSPS) is 19.4. The Balaban J connectivity index is 2.03. The summed E-state index contributed by atoms with van der Waals surface area (Å²) < 4.78 is 0. The van der Waals surface area contributed by atoms with Crippen LogP contribution < -0.4 is 4.90 Å². The van der Waals surface area contributed by atoms with Crippen LogP contribution in [0.3, 0.4) is 0 Å². The quantitative estimate of drug-likeness (QED) is 0.900. The molecule has 120 valence electrons. The fourth-order valence-electron chi connectivity index (χ4n) is 2.58. The number of halogens is 1. The van der Waals surface area contributed by atoms with E-state index in [1.54, 1.807) is 42.0 Å². The fourth-order valence-corrected chi connectivity index (χ4v) is 2.82. The van der Waals surface area contributed by atoms with Crippen LogP contribution in [0, 0.1) is 5.92 Å². The Kier molecular flexibility index (Phi) is 5.42. The average molecular weight is 325 g/mol. The minimum Gasteiger partial charge on any atom is -0.393 e. The first kappa shape index (κ1) is 16.8. The second-order valence-electron chi connectivity index (χ2n) is 5.75. The van der Waals surface area contributed by atoms with Crippen molar-refractivity contribution in [2.45, 2.75) is 25.9 Å². The molecule has 6 heteroatoms. The lowest BCUT2D eigenvalue weighted by Gasteiger charge is -2.22. The predicted molar refractivity (Wildman–Crippen MR) is 85.8 cm³/mol. The third-order valence-corrected chi connectivity index (χ3v) is 4.20. The number of carbonyl (C=O) groups is 2. The summed E-state index contributed by atoms with van der Waals surface area (Å²) >= 11 is 6.13. The molecule has 2 amide bonds. The van der Waals surface area contributed by atoms with E-state index >= 15 is 0 Å². The zero-order valence-electron chi connectivity index (χ0n) is 12.8. The van der Waals surface area contributed by atoms with E-state index in [4.69, 9.17) is 11.6 Å². The molecule has 2 rings (SSSR count). The van der Waals surface area contributed by atoms with Crippen molar-refractivity contribution in [3.05, 3.63) is 29.3 Å². The molecule has 1 aliphatic heterocycles. The number of amides is 2. The molecule has 0 aliphatic carbocycles. The fraction of sp³-hybridized carbons (Fsp3) is 0.500. The van der Waals surface area contributed by atoms with Crippen molar-refractivity contribution in [2.75, 3.05) is 25.0 Å². The summed E-state index contributed by atoms with van der Waals surface area (Å²) in [6, 6.07) is 7.13. The Morgan fingerprint density at radius 1 is 1.50 bits per heavy atom. The van der Waals surface area contributed by atoms with Gasteiger partial charge in [0.2, 0.25) is 11.8 Å². The highest BCUT2D eigenvalue weighted by molar-refractivity contribution is 6.33. The van der Waals surface area contributed by atoms with Crippen LogP contribution in [0.15, 0.2) is 24.3 Å². The monoisotopic (exact) mass is 324 g/mol. The van der Waals surface area contributed by atoms with E-state index in [1.807, 2.05) is 6.07 Å². The highest BCUT2D eigenvalue weighted by atomic mass is 35.5. The van der Waals surface area contributed by atoms with Gasteiger partial charge in [0.1, 0.15) is 0 Å². The molecular formula is C16H21ClN2O3. The maximum absolute atomic E-state index is 12.4. The van der Waals surface area contributed by atoms with Gasteiger partial charge >= 0.3 is 0 Å². The maximum atomic E-state index is 12.4. The van der Waals surface area contributed by atoms with Crippen LogP contribution >= 0.6 is 11.6 Å². The first-order valence-electron chi connectivity index (χ1n) is 7.38. The molecule has 0 bridgehead atoms. The molecule has 0 aromatic heterocycles. The van der Waals surface area contributed by atoms with Crippen molar-refractivity contribution in [1.29, 1.82) is 0 Å². The molecule has 1 heterocycles. The summed E-state index contributed by atoms with van der Waals surface area (Å²) in [6.45, 7) is 2.52. The Hall–Kier alpha value is -1.59. The van der Waals surface area contributed by atoms with Gasteiger partial charge in [0.15, 0.2) is 0 Å². The molecule has 1 aromatic carbocycles. The second kappa shape index (κ2) is 7.11. The lowest BCUT2D eigenvalue weighted by atomic mass is 10.1. The lowest BCUT2D eigenvalue weighted by molar-refractivity contribution is -0.134. The molecule has 2 atom stereocenters. The van der Waals surface area contributed by atoms with Crippen LogP contribution in [-0.2, 0) is 9.59 Å². The maximum Gasteiger partial charge on any atom is 0.227 e. The molecule has 2 unspecified atom stereocenters. The van der Waals surface area contributed by atoms with Crippen molar-refractivity contribution >= 4 is 29.1 Å². The Labute approximate surface area is 135 Å². The third-order valence-electron chi connectivity index (χ3n) is 3.88. The van der Waals surface area contributed by atoms with E-state index in [1.165, 1.54) is 0 Å². The molecule has 1 aliphatic rings. The van der Waals surface area contributed by atoms with E-state index in [-0.39, 0.29) is 24.2 Å². The van der Waals surface area contributed by atoms with E-state index in [0.717, 1.165) is 0 Å². The smallest absolute Gasteiger partial charge is 0.227 e. The first-order valence-corrected chi connectivity index (χ1v) is 7.76. The molecular weight excluding hydrogens is 304 g/mol. The molecule has 0 saturated carbocycles. The van der Waals surface area contributed by atoms with Gasteiger partial charge in [0.05, 0.1) is 22.7 Å². The molecule has 1 aromatic rings. The zero-order chi connectivity index (χ0) is 16.3. The minimum atomic E-state index is -0.444. The first-order chi connectivity index (χ1) is 10.4. The highest BCUT2D eigenvalue weighted by Crippen LogP contribution is 2.31. The molecule has 0 radical (unpaired) electrons. The van der Waals surface area contributed by atoms with E-state index in [0.29, 0.717) is 30.2 Å². The number of aliphatic hydroxyl groups is 1. The van der Waals surface area contributed by atoms with Crippen molar-refractivity contribution < 1.29 is 14.7 Å². The molecule has 1 fully saturated rings. The molecule has 22 heavy (non-hydrogen) atoms. The number of para-hydroxylation sites is 1. The van der Waals surface area contributed by atoms with Crippen molar-refractivity contribution in [2.24, 2.45) is 5.92 Å². The number of rotatable bonds is 5. The van der Waals surface area contributed by atoms with Gasteiger partial charge in [-0.15, -0.1) is 0 Å². The zero-order valence-corrected chi connectivity index (χ0v) is 13.6. The van der Waals surface area contributed by atoms with E-state index < -0.39 is 6.10 Å². The number of carbonyl (C=O) groups excluding carboxylic acids is 2. The summed E-state index contributed by atoms with van der Waals surface area (Å²) in [6.07, 6.45) is 0.278. The lowest BCUT2D eigenvalue weighted by Crippen LogP contribution is -2.36. The van der Waals surface area contributed by atoms with Gasteiger partial charge in [-0.2, -0.15) is 0 Å². The van der Waals surface area contributed by atoms with Gasteiger partial charge in [-0.1, -0.05) is 23.7 Å². The summed E-state index contributed by atoms with van der Waals surface area (Å²) in [5, 5.41) is 9.80. The minimum absolute atomic E-state index is 0.0662. The van der Waals surface area contributed by atoms with Crippen LogP contribution in [0.5, 0.6) is 0 Å². The van der Waals surface area contributed by atoms with Gasteiger partial charge in [0.25, 0.3) is 0 Å². The van der Waals surface area contributed by atoms with Crippen molar-refractivity contribution in [3.8, 4) is 0 Å². The van der Waals surface area contributed by atoms with E-state index in [9.17, 15) is 14.7 Å². The van der Waals surface area contributed by atoms with Crippen LogP contribution in [0.2, 0.25) is 5.02 Å². The second-order valence-corrected chi connectivity index (χ2v) is 6.16. The number of benzene rings is 1. The van der Waals surface area contributed by atoms with Gasteiger partial charge in [-0.05, 0) is 25.5 Å². The van der Waals surface area contributed by atoms with Crippen molar-refractivity contribution in [3.63, 3.8) is 0 Å². The Bertz CT molecular complexity index is 562. The summed E-state index contributed by atoms with van der Waals surface area (Å²) in [5.41, 5.74) is 0.649. The molecule has 1 N–H and O–H groups in total. The summed E-state index contributed by atoms with van der Waals surface area (Å²) in [5.74, 6) is -0.512. The summed E-state index contributed by atoms with van der Waals surface area (Å²) in [4.78, 5) is 27.7. The molecule has 0 spiro atoms. The number of nitrogens with zero attached hydrogens (tertiary/aromatic N) is 2. The molecule has 5 nitrogen and oxygen atoms in total. The van der Waals surface area contributed by atoms with Gasteiger partial charge < -0.3 is 14.9 Å². The number of anilines is 1. The molecule has 1 saturated heterocycles. The Morgan fingerprint density at radius 2 is 2.18 bits per heavy atom. The summed E-state index contributed by atoms with van der Waals surface area (Å²) in [7, 11) is 1.70. The number of hydrogen-bond acceptors (Lipinski definition) is 3. The number of aliphatic hydroxyl groups excluding tert-OH is 1. The van der Waals surface area contributed by atoms with Crippen LogP contribution in [0.25, 0.3) is 0 Å². The van der Waals surface area contributed by atoms with E-state index in [2.05, 4.69) is 0 Å². The number of hydrogen-bond donors (Lipinski definition) is 1. The van der Waals surface area contributed by atoms with Crippen molar-refractivity contribution in [1.82, 2.24) is 4.90 Å². The average Bonchev–Trinajstić information content (AvgIpc) is 2.86. The third kappa shape index (κ3) is 3.78. The topological polar surface area (TPSA) is 60.9 Å². The predicted octanol–water partition coefficient (Wildman–Crippen LogP) is 1.92. The van der Waals surface area contributed by atoms with Crippen LogP contribution in [-0.4, -0.2) is 48.1 Å². The Morgan fingerprint density at radius 3 is 2.82 bits per heavy atom. The van der Waals surface area contributed by atoms with Crippen LogP contribution in [0.4, 0.5) is 5.69 Å². The van der Waals surface area contributed by atoms with Gasteiger partial charge in [0, 0.05) is 26.6 Å². The SMILES string of the molecule is CC(O)CCN(C)C(=O)C1CC(=O)N(c2ccccc2Cl)C1. The van der Waals surface area contributed by atoms with Crippen LogP contribution in [0.1, 0.15) is 19.8 Å².